The molecule has 0 radical (unpaired) electrons. The predicted molar refractivity (Wildman–Crippen MR) is 89.0 cm³/mol. The lowest BCUT2D eigenvalue weighted by Gasteiger charge is -2.09. The first kappa shape index (κ1) is 18.7. The first-order valence-electron chi connectivity index (χ1n) is 8.08. The summed E-state index contributed by atoms with van der Waals surface area (Å²) >= 11 is 0. The number of carbonyl (C=O) groups is 2. The van der Waals surface area contributed by atoms with E-state index < -0.39 is 41.6 Å². The molecule has 3 N–H and O–H groups in total. The van der Waals surface area contributed by atoms with Crippen LogP contribution in [-0.2, 0) is 4.79 Å². The van der Waals surface area contributed by atoms with Crippen LogP contribution >= 0.6 is 0 Å². The van der Waals surface area contributed by atoms with E-state index in [1.165, 1.54) is 12.1 Å². The molecule has 0 spiro atoms. The van der Waals surface area contributed by atoms with Gasteiger partial charge in [0.15, 0.2) is 17.5 Å². The Morgan fingerprint density at radius 2 is 1.81 bits per heavy atom. The van der Waals surface area contributed by atoms with E-state index in [9.17, 15) is 27.2 Å². The van der Waals surface area contributed by atoms with Crippen molar-refractivity contribution in [1.29, 1.82) is 0 Å². The number of amides is 3. The van der Waals surface area contributed by atoms with Crippen LogP contribution in [0.2, 0.25) is 0 Å². The second-order valence-electron chi connectivity index (χ2n) is 6.10. The maximum Gasteiger partial charge on any atom is 0.315 e. The molecular weight excluding hydrogens is 366 g/mol. The van der Waals surface area contributed by atoms with Crippen molar-refractivity contribution in [3.8, 4) is 0 Å². The molecule has 2 atom stereocenters. The summed E-state index contributed by atoms with van der Waals surface area (Å²) in [5.74, 6) is -5.77. The lowest BCUT2D eigenvalue weighted by atomic mass is 10.1. The Morgan fingerprint density at radius 3 is 2.56 bits per heavy atom. The maximum atomic E-state index is 13.5. The highest BCUT2D eigenvalue weighted by molar-refractivity contribution is 5.94. The van der Waals surface area contributed by atoms with Crippen LogP contribution in [0.25, 0.3) is 0 Å². The summed E-state index contributed by atoms with van der Waals surface area (Å²) in [4.78, 5) is 23.5. The number of nitrogens with one attached hydrogen (secondary N) is 3. The van der Waals surface area contributed by atoms with E-state index in [0.717, 1.165) is 11.6 Å². The van der Waals surface area contributed by atoms with Gasteiger partial charge in [-0.05, 0) is 36.2 Å². The summed E-state index contributed by atoms with van der Waals surface area (Å²) in [6.07, 6.45) is 0.642. The summed E-state index contributed by atoms with van der Waals surface area (Å²) in [7, 11) is 0. The Labute approximate surface area is 151 Å². The molecule has 3 amide bonds. The molecule has 1 aliphatic carbocycles. The first-order valence-corrected chi connectivity index (χ1v) is 8.08. The third-order valence-corrected chi connectivity index (χ3v) is 4.10. The van der Waals surface area contributed by atoms with E-state index in [4.69, 9.17) is 0 Å². The third kappa shape index (κ3) is 4.55. The van der Waals surface area contributed by atoms with E-state index in [-0.39, 0.29) is 17.8 Å². The summed E-state index contributed by atoms with van der Waals surface area (Å²) in [5, 5.41) is 6.95. The minimum atomic E-state index is -1.70. The number of carbonyl (C=O) groups excluding carboxylic acids is 2. The van der Waals surface area contributed by atoms with Crippen molar-refractivity contribution in [3.63, 3.8) is 0 Å². The molecule has 0 aromatic heterocycles. The zero-order chi connectivity index (χ0) is 19.6. The van der Waals surface area contributed by atoms with Gasteiger partial charge in [0.1, 0.15) is 5.82 Å². The molecule has 2 unspecified atom stereocenters. The van der Waals surface area contributed by atoms with Gasteiger partial charge in [0.25, 0.3) is 0 Å². The van der Waals surface area contributed by atoms with Gasteiger partial charge in [-0.25, -0.2) is 22.4 Å². The zero-order valence-electron chi connectivity index (χ0n) is 13.9. The molecule has 3 rings (SSSR count). The van der Waals surface area contributed by atoms with Gasteiger partial charge in [0.2, 0.25) is 5.91 Å². The average Bonchev–Trinajstić information content (AvgIpc) is 3.39. The summed E-state index contributed by atoms with van der Waals surface area (Å²) in [5.41, 5.74) is 0.237. The Hall–Kier alpha value is -3.10. The molecule has 1 fully saturated rings. The van der Waals surface area contributed by atoms with Gasteiger partial charge in [0, 0.05) is 12.0 Å². The highest BCUT2D eigenvalue weighted by Crippen LogP contribution is 2.40. The summed E-state index contributed by atoms with van der Waals surface area (Å²) in [6, 6.07) is 6.81. The first-order chi connectivity index (χ1) is 12.8. The molecule has 1 saturated carbocycles. The molecule has 142 valence electrons. The zero-order valence-corrected chi connectivity index (χ0v) is 13.9. The molecule has 2 aromatic rings. The highest BCUT2D eigenvalue weighted by atomic mass is 19.2. The van der Waals surface area contributed by atoms with Gasteiger partial charge >= 0.3 is 6.03 Å². The normalized spacial score (nSPS) is 17.9. The van der Waals surface area contributed by atoms with Crippen LogP contribution in [-0.4, -0.2) is 24.5 Å². The second kappa shape index (κ2) is 7.65. The fourth-order valence-electron chi connectivity index (χ4n) is 2.66. The Kier molecular flexibility index (Phi) is 5.29. The van der Waals surface area contributed by atoms with E-state index in [1.54, 1.807) is 12.1 Å². The average molecular weight is 381 g/mol. The largest absolute Gasteiger partial charge is 0.335 e. The Balaban J connectivity index is 1.45. The standard InChI is InChI=1S/C18H15F4N3O2/c19-10-3-1-2-9(6-10)11-7-14(11)25-18(27)23-8-15(26)24-13-5-4-12(20)16(21)17(13)22/h1-6,11,14H,7-8H2,(H,24,26)(H2,23,25,27). The van der Waals surface area contributed by atoms with Crippen LogP contribution < -0.4 is 16.0 Å². The molecule has 0 aliphatic heterocycles. The van der Waals surface area contributed by atoms with Gasteiger partial charge < -0.3 is 16.0 Å². The van der Waals surface area contributed by atoms with E-state index in [0.29, 0.717) is 12.5 Å². The Morgan fingerprint density at radius 1 is 1.04 bits per heavy atom. The van der Waals surface area contributed by atoms with Crippen LogP contribution in [0.1, 0.15) is 17.9 Å². The van der Waals surface area contributed by atoms with Crippen molar-refractivity contribution in [1.82, 2.24) is 10.6 Å². The van der Waals surface area contributed by atoms with Crippen molar-refractivity contribution in [3.05, 3.63) is 65.2 Å². The molecule has 0 heterocycles. The number of urea groups is 1. The van der Waals surface area contributed by atoms with E-state index in [2.05, 4.69) is 10.6 Å². The molecule has 0 bridgehead atoms. The van der Waals surface area contributed by atoms with Crippen molar-refractivity contribution in [2.45, 2.75) is 18.4 Å². The lowest BCUT2D eigenvalue weighted by Crippen LogP contribution is -2.41. The van der Waals surface area contributed by atoms with Gasteiger partial charge in [-0.15, -0.1) is 0 Å². The van der Waals surface area contributed by atoms with Gasteiger partial charge in [0.05, 0.1) is 12.2 Å². The maximum absolute atomic E-state index is 13.5. The minimum Gasteiger partial charge on any atom is -0.335 e. The lowest BCUT2D eigenvalue weighted by molar-refractivity contribution is -0.115. The molecule has 2 aromatic carbocycles. The van der Waals surface area contributed by atoms with Crippen LogP contribution in [0.4, 0.5) is 28.0 Å². The van der Waals surface area contributed by atoms with Crippen LogP contribution in [0.15, 0.2) is 36.4 Å². The van der Waals surface area contributed by atoms with Crippen molar-refractivity contribution in [2.24, 2.45) is 0 Å². The van der Waals surface area contributed by atoms with Crippen LogP contribution in [0.3, 0.4) is 0 Å². The van der Waals surface area contributed by atoms with E-state index >= 15 is 0 Å². The number of benzene rings is 2. The molecule has 5 nitrogen and oxygen atoms in total. The van der Waals surface area contributed by atoms with Crippen molar-refractivity contribution < 1.29 is 27.2 Å². The van der Waals surface area contributed by atoms with Crippen molar-refractivity contribution in [2.75, 3.05) is 11.9 Å². The molecule has 9 heteroatoms. The fraction of sp³-hybridized carbons (Fsp3) is 0.222. The van der Waals surface area contributed by atoms with Gasteiger partial charge in [-0.1, -0.05) is 12.1 Å². The summed E-state index contributed by atoms with van der Waals surface area (Å²) in [6.45, 7) is -0.498. The smallest absolute Gasteiger partial charge is 0.315 e. The number of hydrogen-bond donors (Lipinski definition) is 3. The SMILES string of the molecule is O=C(CNC(=O)NC1CC1c1cccc(F)c1)Nc1ccc(F)c(F)c1F. The molecule has 27 heavy (non-hydrogen) atoms. The molecular formula is C18H15F4N3O2. The van der Waals surface area contributed by atoms with Gasteiger partial charge in [-0.2, -0.15) is 0 Å². The fourth-order valence-corrected chi connectivity index (χ4v) is 2.66. The topological polar surface area (TPSA) is 70.2 Å². The highest BCUT2D eigenvalue weighted by Gasteiger charge is 2.39. The Bertz CT molecular complexity index is 891. The molecule has 1 aliphatic rings. The third-order valence-electron chi connectivity index (χ3n) is 4.10. The number of hydrogen-bond acceptors (Lipinski definition) is 2. The quantitative estimate of drug-likeness (QED) is 0.550. The van der Waals surface area contributed by atoms with Crippen LogP contribution in [0.5, 0.6) is 0 Å². The predicted octanol–water partition coefficient (Wildman–Crippen LogP) is 3.04. The van der Waals surface area contributed by atoms with Crippen molar-refractivity contribution >= 4 is 17.6 Å². The number of anilines is 1. The minimum absolute atomic E-state index is 0.00318. The number of rotatable bonds is 5. The van der Waals surface area contributed by atoms with E-state index in [1.807, 2.05) is 5.32 Å². The van der Waals surface area contributed by atoms with Gasteiger partial charge in [-0.3, -0.25) is 4.79 Å². The monoisotopic (exact) mass is 381 g/mol. The second-order valence-corrected chi connectivity index (χ2v) is 6.10. The number of halogens is 4. The molecule has 0 saturated heterocycles. The summed E-state index contributed by atoms with van der Waals surface area (Å²) < 4.78 is 52.6. The van der Waals surface area contributed by atoms with Crippen LogP contribution in [0, 0.1) is 23.3 Å².